The van der Waals surface area contributed by atoms with Gasteiger partial charge in [-0.05, 0) is 12.8 Å². The maximum atomic E-state index is 11.9. The number of rotatable bonds is 2. The number of halogens is 3. The van der Waals surface area contributed by atoms with E-state index in [0.29, 0.717) is 19.3 Å². The fraction of sp³-hybridized carbons (Fsp3) is 1.00. The minimum absolute atomic E-state index is 0.358. The van der Waals surface area contributed by atoms with Crippen molar-refractivity contribution in [2.24, 2.45) is 5.73 Å². The summed E-state index contributed by atoms with van der Waals surface area (Å²) < 4.78 is 58.7. The van der Waals surface area contributed by atoms with Crippen molar-refractivity contribution in [2.75, 3.05) is 0 Å². The first-order valence-corrected chi connectivity index (χ1v) is 5.56. The van der Waals surface area contributed by atoms with E-state index in [4.69, 9.17) is 5.73 Å². The maximum absolute atomic E-state index is 11.9. The van der Waals surface area contributed by atoms with Gasteiger partial charge >= 0.3 is 15.5 Å². The number of nitrogens with one attached hydrogen (secondary N) is 1. The lowest BCUT2D eigenvalue weighted by Gasteiger charge is -2.18. The Hall–Kier alpha value is -0.340. The van der Waals surface area contributed by atoms with Crippen molar-refractivity contribution in [3.05, 3.63) is 0 Å². The number of hydrogen-bond acceptors (Lipinski definition) is 3. The minimum Gasteiger partial charge on any atom is -0.326 e. The van der Waals surface area contributed by atoms with Crippen LogP contribution in [0.4, 0.5) is 13.2 Å². The summed E-state index contributed by atoms with van der Waals surface area (Å²) in [5, 5.41) is 0. The van der Waals surface area contributed by atoms with Gasteiger partial charge < -0.3 is 5.73 Å². The van der Waals surface area contributed by atoms with E-state index in [1.807, 2.05) is 0 Å². The minimum atomic E-state index is -5.25. The van der Waals surface area contributed by atoms with Gasteiger partial charge in [-0.3, -0.25) is 0 Å². The van der Waals surface area contributed by atoms with Crippen LogP contribution in [0.25, 0.3) is 0 Å². The van der Waals surface area contributed by atoms with Gasteiger partial charge in [-0.1, -0.05) is 6.42 Å². The molecule has 3 N–H and O–H groups in total. The first kappa shape index (κ1) is 11.7. The van der Waals surface area contributed by atoms with Gasteiger partial charge in [0.05, 0.1) is 0 Å². The van der Waals surface area contributed by atoms with Crippen molar-refractivity contribution >= 4 is 10.0 Å². The highest BCUT2D eigenvalue weighted by atomic mass is 32.2. The molecular formula is C6H11F3N2O2S. The molecule has 1 aliphatic rings. The summed E-state index contributed by atoms with van der Waals surface area (Å²) >= 11 is 0. The number of nitrogens with two attached hydrogens (primary N) is 1. The lowest BCUT2D eigenvalue weighted by atomic mass is 10.2. The monoisotopic (exact) mass is 232 g/mol. The van der Waals surface area contributed by atoms with Crippen LogP contribution in [-0.2, 0) is 10.0 Å². The van der Waals surface area contributed by atoms with Crippen molar-refractivity contribution in [1.82, 2.24) is 4.72 Å². The molecular weight excluding hydrogens is 221 g/mol. The van der Waals surface area contributed by atoms with Crippen LogP contribution >= 0.6 is 0 Å². The highest BCUT2D eigenvalue weighted by Crippen LogP contribution is 2.25. The highest BCUT2D eigenvalue weighted by molar-refractivity contribution is 7.90. The smallest absolute Gasteiger partial charge is 0.326 e. The van der Waals surface area contributed by atoms with Gasteiger partial charge in [0.1, 0.15) is 0 Å². The predicted molar refractivity (Wildman–Crippen MR) is 43.7 cm³/mol. The standard InChI is InChI=1S/C6H11F3N2O2S/c7-6(8,9)14(12,13)11-5-3-1-2-4(5)10/h4-5,11H,1-3,10H2. The number of alkyl halides is 3. The Morgan fingerprint density at radius 1 is 1.29 bits per heavy atom. The van der Waals surface area contributed by atoms with Crippen LogP contribution in [-0.4, -0.2) is 26.0 Å². The summed E-state index contributed by atoms with van der Waals surface area (Å²) in [4.78, 5) is 0. The van der Waals surface area contributed by atoms with Gasteiger partial charge in [-0.25, -0.2) is 13.1 Å². The molecule has 0 spiro atoms. The Kier molecular flexibility index (Phi) is 3.07. The summed E-state index contributed by atoms with van der Waals surface area (Å²) in [7, 11) is -5.24. The van der Waals surface area contributed by atoms with Crippen molar-refractivity contribution < 1.29 is 21.6 Å². The second-order valence-corrected chi connectivity index (χ2v) is 4.97. The molecule has 4 nitrogen and oxygen atoms in total. The second kappa shape index (κ2) is 3.67. The van der Waals surface area contributed by atoms with Crippen LogP contribution in [0.3, 0.4) is 0 Å². The third-order valence-electron chi connectivity index (χ3n) is 2.18. The van der Waals surface area contributed by atoms with Crippen molar-refractivity contribution in [3.63, 3.8) is 0 Å². The highest BCUT2D eigenvalue weighted by Gasteiger charge is 2.47. The largest absolute Gasteiger partial charge is 0.511 e. The average Bonchev–Trinajstić information content (AvgIpc) is 2.33. The van der Waals surface area contributed by atoms with E-state index in [2.05, 4.69) is 0 Å². The summed E-state index contributed by atoms with van der Waals surface area (Å²) in [6.45, 7) is 0. The zero-order valence-corrected chi connectivity index (χ0v) is 8.03. The van der Waals surface area contributed by atoms with Gasteiger partial charge in [0.15, 0.2) is 0 Å². The molecule has 1 aliphatic carbocycles. The molecule has 0 aromatic carbocycles. The fourth-order valence-electron chi connectivity index (χ4n) is 1.40. The molecule has 84 valence electrons. The molecule has 1 saturated carbocycles. The molecule has 0 aliphatic heterocycles. The van der Waals surface area contributed by atoms with Crippen LogP contribution < -0.4 is 10.5 Å². The molecule has 8 heteroatoms. The molecule has 0 aromatic heterocycles. The average molecular weight is 232 g/mol. The van der Waals surface area contributed by atoms with Crippen LogP contribution in [0.5, 0.6) is 0 Å². The topological polar surface area (TPSA) is 72.2 Å². The van der Waals surface area contributed by atoms with E-state index in [1.165, 1.54) is 0 Å². The van der Waals surface area contributed by atoms with Crippen LogP contribution in [0.2, 0.25) is 0 Å². The van der Waals surface area contributed by atoms with E-state index in [0.717, 1.165) is 0 Å². The molecule has 2 unspecified atom stereocenters. The molecule has 14 heavy (non-hydrogen) atoms. The third-order valence-corrected chi connectivity index (χ3v) is 3.40. The summed E-state index contributed by atoms with van der Waals surface area (Å²) in [6.07, 6.45) is 1.55. The zero-order chi connectivity index (χ0) is 11.0. The number of hydrogen-bond donors (Lipinski definition) is 2. The van der Waals surface area contributed by atoms with Gasteiger partial charge in [0.25, 0.3) is 0 Å². The van der Waals surface area contributed by atoms with Gasteiger partial charge in [-0.2, -0.15) is 13.2 Å². The summed E-state index contributed by atoms with van der Waals surface area (Å²) in [5.41, 5.74) is 0.180. The predicted octanol–water partition coefficient (Wildman–Crippen LogP) is 0.305. The quantitative estimate of drug-likeness (QED) is 0.719. The van der Waals surface area contributed by atoms with Crippen LogP contribution in [0.1, 0.15) is 19.3 Å². The second-order valence-electron chi connectivity index (χ2n) is 3.27. The van der Waals surface area contributed by atoms with Crippen molar-refractivity contribution in [3.8, 4) is 0 Å². The van der Waals surface area contributed by atoms with Gasteiger partial charge in [0.2, 0.25) is 0 Å². The third kappa shape index (κ3) is 2.37. The molecule has 0 heterocycles. The van der Waals surface area contributed by atoms with Gasteiger partial charge in [0, 0.05) is 12.1 Å². The Morgan fingerprint density at radius 2 is 1.86 bits per heavy atom. The molecule has 0 bridgehead atoms. The first-order valence-electron chi connectivity index (χ1n) is 4.08. The maximum Gasteiger partial charge on any atom is 0.511 e. The Labute approximate surface area is 79.7 Å². The molecule has 0 amide bonds. The van der Waals surface area contributed by atoms with E-state index >= 15 is 0 Å². The SMILES string of the molecule is NC1CCCC1NS(=O)(=O)C(F)(F)F. The molecule has 2 atom stereocenters. The molecule has 1 fully saturated rings. The summed E-state index contributed by atoms with van der Waals surface area (Å²) in [5.74, 6) is 0. The Morgan fingerprint density at radius 3 is 2.21 bits per heavy atom. The normalized spacial score (nSPS) is 29.4. The van der Waals surface area contributed by atoms with Crippen molar-refractivity contribution in [2.45, 2.75) is 36.9 Å². The lowest BCUT2D eigenvalue weighted by Crippen LogP contribution is -2.48. The zero-order valence-electron chi connectivity index (χ0n) is 7.21. The van der Waals surface area contributed by atoms with Crippen LogP contribution in [0, 0.1) is 0 Å². The fourth-order valence-corrected chi connectivity index (χ4v) is 2.23. The molecule has 0 aromatic rings. The van der Waals surface area contributed by atoms with E-state index in [-0.39, 0.29) is 0 Å². The molecule has 1 rings (SSSR count). The van der Waals surface area contributed by atoms with E-state index in [9.17, 15) is 21.6 Å². The first-order chi connectivity index (χ1) is 6.24. The lowest BCUT2D eigenvalue weighted by molar-refractivity contribution is -0.0451. The Balaban J connectivity index is 2.69. The van der Waals surface area contributed by atoms with Crippen molar-refractivity contribution in [1.29, 1.82) is 0 Å². The van der Waals surface area contributed by atoms with Gasteiger partial charge in [-0.15, -0.1) is 0 Å². The van der Waals surface area contributed by atoms with Crippen LogP contribution in [0.15, 0.2) is 0 Å². The molecule has 0 radical (unpaired) electrons. The van der Waals surface area contributed by atoms with E-state index < -0.39 is 27.6 Å². The Bertz CT molecular complexity index is 301. The molecule has 0 saturated heterocycles. The summed E-state index contributed by atoms with van der Waals surface area (Å²) in [6, 6.07) is -1.31. The van der Waals surface area contributed by atoms with E-state index in [1.54, 1.807) is 4.72 Å². The number of sulfonamides is 1.